The average Bonchev–Trinajstić information content (AvgIpc) is 2.84. The molecule has 2 aromatic rings. The van der Waals surface area contributed by atoms with Crippen LogP contribution in [0.25, 0.3) is 0 Å². The Morgan fingerprint density at radius 1 is 1.24 bits per heavy atom. The van der Waals surface area contributed by atoms with Crippen LogP contribution in [0.5, 0.6) is 0 Å². The van der Waals surface area contributed by atoms with E-state index in [1.807, 2.05) is 6.92 Å². The third-order valence-electron chi connectivity index (χ3n) is 2.52. The third-order valence-corrected chi connectivity index (χ3v) is 6.17. The predicted octanol–water partition coefficient (Wildman–Crippen LogP) is 4.08. The van der Waals surface area contributed by atoms with Crippen molar-refractivity contribution in [1.82, 2.24) is 0 Å². The van der Waals surface area contributed by atoms with Crippen molar-refractivity contribution in [3.63, 3.8) is 0 Å². The molecule has 0 fully saturated rings. The van der Waals surface area contributed by atoms with E-state index in [4.69, 9.17) is 5.11 Å². The van der Waals surface area contributed by atoms with Gasteiger partial charge in [-0.25, -0.2) is 13.2 Å². The molecule has 112 valence electrons. The van der Waals surface area contributed by atoms with Gasteiger partial charge in [-0.3, -0.25) is 4.72 Å². The van der Waals surface area contributed by atoms with Gasteiger partial charge in [-0.1, -0.05) is 0 Å². The zero-order valence-corrected chi connectivity index (χ0v) is 15.4. The quantitative estimate of drug-likeness (QED) is 0.728. The Labute approximate surface area is 142 Å². The molecule has 0 radical (unpaired) electrons. The first-order valence-corrected chi connectivity index (χ1v) is 9.46. The number of aryl methyl sites for hydroxylation is 1. The summed E-state index contributed by atoms with van der Waals surface area (Å²) in [7, 11) is -3.85. The van der Waals surface area contributed by atoms with Crippen LogP contribution < -0.4 is 4.72 Å². The Bertz CT molecular complexity index is 791. The van der Waals surface area contributed by atoms with Crippen molar-refractivity contribution >= 4 is 64.9 Å². The van der Waals surface area contributed by atoms with Crippen LogP contribution in [0.1, 0.15) is 15.2 Å². The maximum atomic E-state index is 12.3. The summed E-state index contributed by atoms with van der Waals surface area (Å²) in [5.74, 6) is -1.15. The van der Waals surface area contributed by atoms with Gasteiger partial charge in [-0.15, -0.1) is 11.3 Å². The van der Waals surface area contributed by atoms with Crippen molar-refractivity contribution in [2.75, 3.05) is 4.72 Å². The molecule has 0 unspecified atom stereocenters. The molecule has 0 bridgehead atoms. The summed E-state index contributed by atoms with van der Waals surface area (Å²) in [6, 6.07) is 4.68. The number of halogens is 2. The molecule has 2 N–H and O–H groups in total. The zero-order valence-electron chi connectivity index (χ0n) is 10.6. The SMILES string of the molecule is Cc1cc(Br)c(NS(=O)(=O)c2csc(C(=O)O)c2)c(Br)c1. The molecule has 0 aliphatic rings. The fourth-order valence-corrected chi connectivity index (χ4v) is 5.65. The van der Waals surface area contributed by atoms with Gasteiger partial charge in [0.2, 0.25) is 0 Å². The number of thiophene rings is 1. The van der Waals surface area contributed by atoms with Gasteiger partial charge in [-0.05, 0) is 62.5 Å². The number of carboxylic acids is 1. The van der Waals surface area contributed by atoms with Crippen LogP contribution in [0.3, 0.4) is 0 Å². The van der Waals surface area contributed by atoms with Gasteiger partial charge in [-0.2, -0.15) is 0 Å². The number of carboxylic acid groups (broad SMARTS) is 1. The third kappa shape index (κ3) is 3.65. The van der Waals surface area contributed by atoms with Gasteiger partial charge in [0, 0.05) is 14.3 Å². The number of hydrogen-bond donors (Lipinski definition) is 2. The van der Waals surface area contributed by atoms with Crippen molar-refractivity contribution in [3.05, 3.63) is 43.0 Å². The lowest BCUT2D eigenvalue weighted by Gasteiger charge is -2.11. The first kappa shape index (κ1) is 16.5. The molecule has 0 atom stereocenters. The summed E-state index contributed by atoms with van der Waals surface area (Å²) in [4.78, 5) is 10.7. The lowest BCUT2D eigenvalue weighted by Crippen LogP contribution is -2.13. The average molecular weight is 455 g/mol. The maximum absolute atomic E-state index is 12.3. The van der Waals surface area contributed by atoms with E-state index in [1.165, 1.54) is 5.38 Å². The summed E-state index contributed by atoms with van der Waals surface area (Å²) in [6.45, 7) is 1.88. The molecule has 1 aromatic heterocycles. The van der Waals surface area contributed by atoms with Crippen LogP contribution in [0.15, 0.2) is 37.4 Å². The molecule has 1 aromatic carbocycles. The molecule has 1 heterocycles. The molecule has 9 heteroatoms. The molecular formula is C12H9Br2NO4S2. The maximum Gasteiger partial charge on any atom is 0.345 e. The fraction of sp³-hybridized carbons (Fsp3) is 0.0833. The number of nitrogens with one attached hydrogen (secondary N) is 1. The topological polar surface area (TPSA) is 83.5 Å². The van der Waals surface area contributed by atoms with E-state index in [2.05, 4.69) is 36.6 Å². The minimum atomic E-state index is -3.85. The van der Waals surface area contributed by atoms with Crippen molar-refractivity contribution in [3.8, 4) is 0 Å². The number of aromatic carboxylic acids is 1. The molecule has 0 saturated heterocycles. The molecule has 0 aliphatic carbocycles. The van der Waals surface area contributed by atoms with Crippen molar-refractivity contribution in [2.45, 2.75) is 11.8 Å². The highest BCUT2D eigenvalue weighted by Gasteiger charge is 2.21. The Morgan fingerprint density at radius 3 is 2.29 bits per heavy atom. The Morgan fingerprint density at radius 2 is 1.81 bits per heavy atom. The molecule has 0 amide bonds. The first-order valence-electron chi connectivity index (χ1n) is 5.51. The summed E-state index contributed by atoms with van der Waals surface area (Å²) in [6.07, 6.45) is 0. The normalized spacial score (nSPS) is 11.4. The van der Waals surface area contributed by atoms with Crippen LogP contribution >= 0.6 is 43.2 Å². The Balaban J connectivity index is 2.40. The van der Waals surface area contributed by atoms with Gasteiger partial charge in [0.05, 0.1) is 10.6 Å². The van der Waals surface area contributed by atoms with Gasteiger partial charge in [0.1, 0.15) is 4.88 Å². The predicted molar refractivity (Wildman–Crippen MR) is 88.7 cm³/mol. The second-order valence-corrected chi connectivity index (χ2v) is 8.46. The number of carbonyl (C=O) groups is 1. The molecule has 21 heavy (non-hydrogen) atoms. The minimum absolute atomic E-state index is 0.0302. The fourth-order valence-electron chi connectivity index (χ4n) is 1.56. The summed E-state index contributed by atoms with van der Waals surface area (Å²) in [5.41, 5.74) is 1.32. The van der Waals surface area contributed by atoms with Crippen molar-refractivity contribution in [1.29, 1.82) is 0 Å². The molecule has 5 nitrogen and oxygen atoms in total. The summed E-state index contributed by atoms with van der Waals surface area (Å²) in [5, 5.41) is 10.1. The number of benzene rings is 1. The van der Waals surface area contributed by atoms with Crippen LogP contribution in [-0.2, 0) is 10.0 Å². The second-order valence-electron chi connectivity index (χ2n) is 4.16. The molecule has 0 saturated carbocycles. The lowest BCUT2D eigenvalue weighted by atomic mass is 10.2. The monoisotopic (exact) mass is 453 g/mol. The van der Waals surface area contributed by atoms with Crippen molar-refractivity contribution < 1.29 is 18.3 Å². The number of sulfonamides is 1. The van der Waals surface area contributed by atoms with E-state index < -0.39 is 16.0 Å². The minimum Gasteiger partial charge on any atom is -0.477 e. The molecule has 0 spiro atoms. The summed E-state index contributed by atoms with van der Waals surface area (Å²) < 4.78 is 28.2. The summed E-state index contributed by atoms with van der Waals surface area (Å²) >= 11 is 7.47. The number of anilines is 1. The smallest absolute Gasteiger partial charge is 0.345 e. The molecular weight excluding hydrogens is 446 g/mol. The lowest BCUT2D eigenvalue weighted by molar-refractivity contribution is 0.0702. The van der Waals surface area contributed by atoms with Crippen LogP contribution in [-0.4, -0.2) is 19.5 Å². The zero-order chi connectivity index (χ0) is 15.8. The highest BCUT2D eigenvalue weighted by atomic mass is 79.9. The highest BCUT2D eigenvalue weighted by Crippen LogP contribution is 2.34. The number of rotatable bonds is 4. The van der Waals surface area contributed by atoms with Gasteiger partial charge >= 0.3 is 5.97 Å². The van der Waals surface area contributed by atoms with Crippen LogP contribution in [0.2, 0.25) is 0 Å². The van der Waals surface area contributed by atoms with E-state index >= 15 is 0 Å². The van der Waals surface area contributed by atoms with E-state index in [0.717, 1.165) is 23.0 Å². The van der Waals surface area contributed by atoms with Crippen molar-refractivity contribution in [2.24, 2.45) is 0 Å². The van der Waals surface area contributed by atoms with Crippen LogP contribution in [0, 0.1) is 6.92 Å². The van der Waals surface area contributed by atoms with Crippen LogP contribution in [0.4, 0.5) is 5.69 Å². The second kappa shape index (κ2) is 6.07. The van der Waals surface area contributed by atoms with E-state index in [9.17, 15) is 13.2 Å². The van der Waals surface area contributed by atoms with E-state index in [1.54, 1.807) is 12.1 Å². The molecule has 0 aliphatic heterocycles. The Hall–Kier alpha value is -0.900. The molecule has 2 rings (SSSR count). The standard InChI is InChI=1S/C12H9Br2NO4S2/c1-6-2-8(13)11(9(14)3-6)15-21(18,19)7-4-10(12(16)17)20-5-7/h2-5,15H,1H3,(H,16,17). The number of hydrogen-bond acceptors (Lipinski definition) is 4. The van der Waals surface area contributed by atoms with E-state index in [0.29, 0.717) is 14.6 Å². The first-order chi connectivity index (χ1) is 9.70. The highest BCUT2D eigenvalue weighted by molar-refractivity contribution is 9.11. The van der Waals surface area contributed by atoms with E-state index in [-0.39, 0.29) is 9.77 Å². The largest absolute Gasteiger partial charge is 0.477 e. The van der Waals surface area contributed by atoms with Gasteiger partial charge in [0.15, 0.2) is 0 Å². The Kier molecular flexibility index (Phi) is 4.76. The van der Waals surface area contributed by atoms with Gasteiger partial charge < -0.3 is 5.11 Å². The van der Waals surface area contributed by atoms with Gasteiger partial charge in [0.25, 0.3) is 10.0 Å².